The Morgan fingerprint density at radius 2 is 1.83 bits per heavy atom. The summed E-state index contributed by atoms with van der Waals surface area (Å²) in [6.07, 6.45) is 3.84. The number of halogens is 1. The predicted octanol–water partition coefficient (Wildman–Crippen LogP) is 3.47. The number of aliphatic imine (C=N–C) groups is 1. The van der Waals surface area contributed by atoms with Crippen LogP contribution in [0.1, 0.15) is 43.0 Å². The summed E-state index contributed by atoms with van der Waals surface area (Å²) in [6.45, 7) is 8.37. The fraction of sp³-hybridized carbons (Fsp3) is 0.286. The topological polar surface area (TPSA) is 12.4 Å². The first-order valence-corrected chi connectivity index (χ1v) is 7.92. The van der Waals surface area contributed by atoms with Crippen LogP contribution in [0, 0.1) is 12.7 Å². The second-order valence-electron chi connectivity index (χ2n) is 6.71. The van der Waals surface area contributed by atoms with E-state index in [0.29, 0.717) is 0 Å². The van der Waals surface area contributed by atoms with Gasteiger partial charge in [-0.1, -0.05) is 38.1 Å². The normalized spacial score (nSPS) is 16.6. The Hall–Kier alpha value is -2.22. The minimum Gasteiger partial charge on any atom is -0.296 e. The van der Waals surface area contributed by atoms with E-state index in [4.69, 9.17) is 0 Å². The molecule has 0 spiro atoms. The predicted molar refractivity (Wildman–Crippen MR) is 96.0 cm³/mol. The molecule has 0 saturated carbocycles. The van der Waals surface area contributed by atoms with Gasteiger partial charge in [-0.05, 0) is 58.7 Å². The summed E-state index contributed by atoms with van der Waals surface area (Å²) in [6, 6.07) is 9.72. The molecule has 0 unspecified atom stereocenters. The lowest BCUT2D eigenvalue weighted by Crippen LogP contribution is -2.42. The van der Waals surface area contributed by atoms with E-state index < -0.39 is 0 Å². The van der Waals surface area contributed by atoms with E-state index in [1.165, 1.54) is 10.8 Å². The van der Waals surface area contributed by atoms with Crippen molar-refractivity contribution in [1.82, 2.24) is 0 Å². The maximum Gasteiger partial charge on any atom is 0.127 e. The Labute approximate surface area is 136 Å². The van der Waals surface area contributed by atoms with Crippen molar-refractivity contribution >= 4 is 17.9 Å². The Balaban J connectivity index is 2.59. The number of nitrogens with zero attached hydrogens (tertiary/aromatic N) is 1. The van der Waals surface area contributed by atoms with Gasteiger partial charge in [-0.25, -0.2) is 4.39 Å². The van der Waals surface area contributed by atoms with E-state index >= 15 is 0 Å². The molecule has 0 heterocycles. The highest BCUT2D eigenvalue weighted by Crippen LogP contribution is 2.40. The molecule has 0 bridgehead atoms. The number of hydrogen-bond donors (Lipinski definition) is 0. The van der Waals surface area contributed by atoms with Gasteiger partial charge in [0.05, 0.1) is 0 Å². The maximum atomic E-state index is 14.7. The highest BCUT2D eigenvalue weighted by Gasteiger charge is 2.34. The summed E-state index contributed by atoms with van der Waals surface area (Å²) in [4.78, 5) is 4.07. The average molecular weight is 307 g/mol. The van der Waals surface area contributed by atoms with Gasteiger partial charge in [0, 0.05) is 24.2 Å². The number of hydrogen-bond acceptors (Lipinski definition) is 1. The lowest BCUT2D eigenvalue weighted by atomic mass is 9.69. The first-order chi connectivity index (χ1) is 10.9. The molecule has 118 valence electrons. The number of benzene rings is 2. The van der Waals surface area contributed by atoms with Gasteiger partial charge in [-0.2, -0.15) is 0 Å². The molecule has 1 aliphatic carbocycles. The van der Waals surface area contributed by atoms with Gasteiger partial charge in [0.2, 0.25) is 0 Å². The highest BCUT2D eigenvalue weighted by atomic mass is 19.1. The smallest absolute Gasteiger partial charge is 0.127 e. The van der Waals surface area contributed by atoms with Crippen molar-refractivity contribution in [3.8, 4) is 0 Å². The second-order valence-corrected chi connectivity index (χ2v) is 6.71. The van der Waals surface area contributed by atoms with Gasteiger partial charge in [0.15, 0.2) is 0 Å². The van der Waals surface area contributed by atoms with Gasteiger partial charge < -0.3 is 0 Å². The zero-order chi connectivity index (χ0) is 16.8. The van der Waals surface area contributed by atoms with E-state index in [-0.39, 0.29) is 11.2 Å². The minimum atomic E-state index is -0.368. The van der Waals surface area contributed by atoms with Crippen LogP contribution in [-0.2, 0) is 5.41 Å². The fourth-order valence-corrected chi connectivity index (χ4v) is 3.84. The molecule has 1 aliphatic rings. The summed E-state index contributed by atoms with van der Waals surface area (Å²) < 4.78 is 14.7. The molecule has 2 heteroatoms. The largest absolute Gasteiger partial charge is 0.296 e. The van der Waals surface area contributed by atoms with E-state index in [1.54, 1.807) is 13.1 Å². The molecule has 3 rings (SSSR count). The van der Waals surface area contributed by atoms with Crippen molar-refractivity contribution in [2.45, 2.75) is 33.1 Å². The fourth-order valence-electron chi connectivity index (χ4n) is 3.84. The van der Waals surface area contributed by atoms with E-state index in [9.17, 15) is 4.39 Å². The molecular formula is C21H22FN. The third-order valence-corrected chi connectivity index (χ3v) is 4.91. The third-order valence-electron chi connectivity index (χ3n) is 4.91. The minimum absolute atomic E-state index is 0.120. The van der Waals surface area contributed by atoms with E-state index in [1.807, 2.05) is 24.4 Å². The van der Waals surface area contributed by atoms with Crippen LogP contribution in [0.3, 0.4) is 0 Å². The van der Waals surface area contributed by atoms with Gasteiger partial charge in [-0.3, -0.25) is 4.99 Å². The molecule has 0 aromatic heterocycles. The summed E-state index contributed by atoms with van der Waals surface area (Å²) >= 11 is 0. The van der Waals surface area contributed by atoms with Crippen molar-refractivity contribution in [2.24, 2.45) is 4.99 Å². The third kappa shape index (κ3) is 2.24. The molecule has 0 radical (unpaired) electrons. The molecule has 1 nitrogen and oxygen atoms in total. The summed E-state index contributed by atoms with van der Waals surface area (Å²) in [5.41, 5.74) is 4.93. The molecule has 2 aromatic carbocycles. The molecule has 0 fully saturated rings. The molecule has 2 aromatic rings. The van der Waals surface area contributed by atoms with E-state index in [0.717, 1.165) is 27.5 Å². The Kier molecular flexibility index (Phi) is 3.71. The second kappa shape index (κ2) is 5.45. The summed E-state index contributed by atoms with van der Waals surface area (Å²) in [5, 5.41) is 2.34. The monoisotopic (exact) mass is 307 g/mol. The average Bonchev–Trinajstić information content (AvgIpc) is 2.52. The van der Waals surface area contributed by atoms with Crippen LogP contribution in [0.15, 0.2) is 35.3 Å². The highest BCUT2D eigenvalue weighted by molar-refractivity contribution is 5.91. The number of aryl methyl sites for hydroxylation is 1. The van der Waals surface area contributed by atoms with Crippen LogP contribution in [0.25, 0.3) is 11.6 Å². The molecule has 0 aliphatic heterocycles. The van der Waals surface area contributed by atoms with Crippen molar-refractivity contribution < 1.29 is 4.39 Å². The first-order valence-electron chi connectivity index (χ1n) is 7.92. The van der Waals surface area contributed by atoms with Crippen molar-refractivity contribution in [2.75, 3.05) is 7.05 Å². The zero-order valence-corrected chi connectivity index (χ0v) is 14.4. The quantitative estimate of drug-likeness (QED) is 0.715. The van der Waals surface area contributed by atoms with Crippen LogP contribution in [0.2, 0.25) is 0 Å². The van der Waals surface area contributed by atoms with Gasteiger partial charge in [-0.15, -0.1) is 0 Å². The zero-order valence-electron chi connectivity index (χ0n) is 14.4. The molecule has 23 heavy (non-hydrogen) atoms. The Morgan fingerprint density at radius 3 is 2.52 bits per heavy atom. The Bertz CT molecular complexity index is 933. The number of fused-ring (bicyclic) bond motifs is 2. The Morgan fingerprint density at radius 1 is 1.09 bits per heavy atom. The van der Waals surface area contributed by atoms with Crippen LogP contribution in [0.4, 0.5) is 4.39 Å². The number of rotatable bonds is 1. The lowest BCUT2D eigenvalue weighted by Gasteiger charge is -2.35. The maximum absolute atomic E-state index is 14.7. The lowest BCUT2D eigenvalue weighted by molar-refractivity contribution is 0.540. The first kappa shape index (κ1) is 15.7. The standard InChI is InChI=1S/C21H22FN/c1-13-9-10-17(22)20-18(13)14(2)19-15(11-12-23-5)7-6-8-16(19)21(20,3)4/h6-12H,1-5H3/b15-11-,23-12?. The van der Waals surface area contributed by atoms with Gasteiger partial charge >= 0.3 is 0 Å². The molecule has 0 atom stereocenters. The van der Waals surface area contributed by atoms with Crippen LogP contribution >= 0.6 is 0 Å². The molecule has 0 N–H and O–H groups in total. The van der Waals surface area contributed by atoms with Gasteiger partial charge in [0.25, 0.3) is 0 Å². The van der Waals surface area contributed by atoms with Crippen LogP contribution in [0.5, 0.6) is 0 Å². The van der Waals surface area contributed by atoms with Crippen molar-refractivity contribution in [3.05, 3.63) is 68.8 Å². The van der Waals surface area contributed by atoms with E-state index in [2.05, 4.69) is 44.8 Å². The van der Waals surface area contributed by atoms with Gasteiger partial charge in [0.1, 0.15) is 5.82 Å². The summed E-state index contributed by atoms with van der Waals surface area (Å²) in [7, 11) is 1.77. The van der Waals surface area contributed by atoms with Crippen LogP contribution in [-0.4, -0.2) is 13.3 Å². The summed E-state index contributed by atoms with van der Waals surface area (Å²) in [5.74, 6) is -0.120. The SMILES string of the molecule is CN=C/C=c1/cccc2c1=C(C)c1c(C)ccc(F)c1C2(C)C. The van der Waals surface area contributed by atoms with Crippen molar-refractivity contribution in [3.63, 3.8) is 0 Å². The van der Waals surface area contributed by atoms with Crippen LogP contribution < -0.4 is 10.4 Å². The molecular weight excluding hydrogens is 285 g/mol. The molecule has 0 saturated heterocycles. The molecule has 0 amide bonds. The van der Waals surface area contributed by atoms with Crippen molar-refractivity contribution in [1.29, 1.82) is 0 Å².